The van der Waals surface area contributed by atoms with Crippen molar-refractivity contribution in [2.75, 3.05) is 0 Å². The van der Waals surface area contributed by atoms with Crippen molar-refractivity contribution in [1.82, 2.24) is 9.55 Å². The summed E-state index contributed by atoms with van der Waals surface area (Å²) in [6.07, 6.45) is -1.43. The minimum absolute atomic E-state index is 0.226. The first-order valence-electron chi connectivity index (χ1n) is 8.62. The zero-order valence-corrected chi connectivity index (χ0v) is 15.9. The summed E-state index contributed by atoms with van der Waals surface area (Å²) in [4.78, 5) is 9.35. The highest BCUT2D eigenvalue weighted by Crippen LogP contribution is 2.31. The Morgan fingerprint density at radius 1 is 0.900 bits per heavy atom. The van der Waals surface area contributed by atoms with Gasteiger partial charge in [-0.05, 0) is 48.0 Å². The average molecular weight is 433 g/mol. The van der Waals surface area contributed by atoms with E-state index in [1.165, 1.54) is 35.2 Å². The van der Waals surface area contributed by atoms with Crippen molar-refractivity contribution in [3.63, 3.8) is 0 Å². The van der Waals surface area contributed by atoms with Crippen molar-refractivity contribution >= 4 is 17.2 Å². The number of benzene rings is 2. The summed E-state index contributed by atoms with van der Waals surface area (Å²) in [6.45, 7) is 0. The molecule has 4 rings (SSSR count). The Kier molecular flexibility index (Phi) is 5.21. The van der Waals surface area contributed by atoms with Gasteiger partial charge < -0.3 is 0 Å². The van der Waals surface area contributed by atoms with Crippen LogP contribution in [0, 0.1) is 11.6 Å². The molecule has 0 atom stereocenters. The number of thiazole rings is 1. The van der Waals surface area contributed by atoms with Crippen LogP contribution in [0.5, 0.6) is 0 Å². The zero-order chi connectivity index (χ0) is 21.3. The molecule has 0 aliphatic heterocycles. The van der Waals surface area contributed by atoms with Gasteiger partial charge in [-0.25, -0.2) is 18.8 Å². The normalized spacial score (nSPS) is 12.4. The number of aromatic nitrogens is 2. The van der Waals surface area contributed by atoms with Crippen LogP contribution >= 0.6 is 11.3 Å². The molecule has 9 heteroatoms. The van der Waals surface area contributed by atoms with Crippen LogP contribution in [0.15, 0.2) is 78.0 Å². The third-order valence-corrected chi connectivity index (χ3v) is 5.20. The molecule has 2 aromatic carbocycles. The van der Waals surface area contributed by atoms with Gasteiger partial charge in [-0.1, -0.05) is 29.5 Å². The Hall–Kier alpha value is -3.33. The standard InChI is InChI=1S/C21H12F5N3S/c22-16-8-7-13(10-17(16)23)18-12-29(15-5-3-4-14(11-15)21(24,25)26)20(30-18)28-19-6-1-2-9-27-19/h1-12H/b28-20+. The van der Waals surface area contributed by atoms with E-state index in [0.717, 1.165) is 35.6 Å². The molecule has 3 nitrogen and oxygen atoms in total. The van der Waals surface area contributed by atoms with Gasteiger partial charge in [0.2, 0.25) is 0 Å². The van der Waals surface area contributed by atoms with E-state index in [1.807, 2.05) is 0 Å². The van der Waals surface area contributed by atoms with Crippen molar-refractivity contribution in [2.45, 2.75) is 6.18 Å². The van der Waals surface area contributed by atoms with Crippen LogP contribution in [0.1, 0.15) is 5.56 Å². The Labute approximate surface area is 171 Å². The molecule has 152 valence electrons. The van der Waals surface area contributed by atoms with Gasteiger partial charge in [0.05, 0.1) is 10.4 Å². The van der Waals surface area contributed by atoms with E-state index in [0.29, 0.717) is 21.1 Å². The summed E-state index contributed by atoms with van der Waals surface area (Å²) < 4.78 is 67.9. The first-order valence-corrected chi connectivity index (χ1v) is 9.44. The molecule has 0 aliphatic rings. The third kappa shape index (κ3) is 4.16. The highest BCUT2D eigenvalue weighted by atomic mass is 32.1. The second-order valence-electron chi connectivity index (χ2n) is 6.22. The molecule has 0 N–H and O–H groups in total. The first kappa shape index (κ1) is 20.0. The van der Waals surface area contributed by atoms with Crippen LogP contribution in [0.3, 0.4) is 0 Å². The van der Waals surface area contributed by atoms with E-state index < -0.39 is 23.4 Å². The summed E-state index contributed by atoms with van der Waals surface area (Å²) in [5.74, 6) is -1.65. The molecule has 2 heterocycles. The van der Waals surface area contributed by atoms with Gasteiger partial charge in [0.15, 0.2) is 22.3 Å². The number of nitrogens with zero attached hydrogens (tertiary/aromatic N) is 3. The molecule has 30 heavy (non-hydrogen) atoms. The van der Waals surface area contributed by atoms with Gasteiger partial charge in [0, 0.05) is 18.1 Å². The fourth-order valence-corrected chi connectivity index (χ4v) is 3.74. The maximum Gasteiger partial charge on any atom is 0.416 e. The number of pyridine rings is 1. The summed E-state index contributed by atoms with van der Waals surface area (Å²) in [6, 6.07) is 13.3. The predicted octanol–water partition coefficient (Wildman–Crippen LogP) is 6.13. The monoisotopic (exact) mass is 433 g/mol. The predicted molar refractivity (Wildman–Crippen MR) is 103 cm³/mol. The molecule has 0 unspecified atom stereocenters. The van der Waals surface area contributed by atoms with Crippen molar-refractivity contribution in [3.05, 3.63) is 95.1 Å². The number of halogens is 5. The molecule has 4 aromatic rings. The van der Waals surface area contributed by atoms with Gasteiger partial charge >= 0.3 is 6.18 Å². The minimum atomic E-state index is -4.51. The lowest BCUT2D eigenvalue weighted by Crippen LogP contribution is -2.13. The molecule has 0 spiro atoms. The Morgan fingerprint density at radius 2 is 1.73 bits per heavy atom. The van der Waals surface area contributed by atoms with Crippen LogP contribution in [0.25, 0.3) is 16.1 Å². The Balaban J connectivity index is 1.91. The smallest absolute Gasteiger partial charge is 0.292 e. The lowest BCUT2D eigenvalue weighted by atomic mass is 10.2. The van der Waals surface area contributed by atoms with E-state index in [4.69, 9.17) is 0 Å². The zero-order valence-electron chi connectivity index (χ0n) is 15.1. The molecular formula is C21H12F5N3S. The van der Waals surface area contributed by atoms with Crippen LogP contribution in [0.4, 0.5) is 27.8 Å². The van der Waals surface area contributed by atoms with Gasteiger partial charge in [0.1, 0.15) is 0 Å². The lowest BCUT2D eigenvalue weighted by molar-refractivity contribution is -0.137. The lowest BCUT2D eigenvalue weighted by Gasteiger charge is -2.09. The van der Waals surface area contributed by atoms with E-state index in [-0.39, 0.29) is 5.69 Å². The number of alkyl halides is 3. The summed E-state index contributed by atoms with van der Waals surface area (Å²) in [7, 11) is 0. The van der Waals surface area contributed by atoms with Crippen LogP contribution < -0.4 is 4.80 Å². The average Bonchev–Trinajstić information content (AvgIpc) is 3.14. The van der Waals surface area contributed by atoms with Crippen LogP contribution in [-0.2, 0) is 6.18 Å². The maximum absolute atomic E-state index is 13.7. The summed E-state index contributed by atoms with van der Waals surface area (Å²) >= 11 is 1.12. The maximum atomic E-state index is 13.7. The molecule has 0 aliphatic carbocycles. The highest BCUT2D eigenvalue weighted by Gasteiger charge is 2.30. The van der Waals surface area contributed by atoms with E-state index >= 15 is 0 Å². The molecule has 2 aromatic heterocycles. The van der Waals surface area contributed by atoms with Gasteiger partial charge in [0.25, 0.3) is 0 Å². The first-order chi connectivity index (χ1) is 14.3. The molecule has 0 saturated heterocycles. The minimum Gasteiger partial charge on any atom is -0.292 e. The third-order valence-electron chi connectivity index (χ3n) is 4.17. The number of hydrogen-bond donors (Lipinski definition) is 0. The second-order valence-corrected chi connectivity index (χ2v) is 7.23. The van der Waals surface area contributed by atoms with E-state index in [2.05, 4.69) is 9.98 Å². The SMILES string of the molecule is Fc1ccc(-c2cn(-c3cccc(C(F)(F)F)c3)/c(=N\c3ccccn3)s2)cc1F. The number of hydrogen-bond acceptors (Lipinski definition) is 3. The molecule has 0 bridgehead atoms. The molecule has 0 amide bonds. The van der Waals surface area contributed by atoms with E-state index in [1.54, 1.807) is 18.2 Å². The largest absolute Gasteiger partial charge is 0.416 e. The summed E-state index contributed by atoms with van der Waals surface area (Å²) in [5, 5.41) is 0. The topological polar surface area (TPSA) is 30.2 Å². The van der Waals surface area contributed by atoms with E-state index in [9.17, 15) is 22.0 Å². The summed E-state index contributed by atoms with van der Waals surface area (Å²) in [5.41, 5.74) is -0.205. The van der Waals surface area contributed by atoms with Crippen LogP contribution in [-0.4, -0.2) is 9.55 Å². The quantitative estimate of drug-likeness (QED) is 0.358. The molecule has 0 radical (unpaired) electrons. The molecular weight excluding hydrogens is 421 g/mol. The fourth-order valence-electron chi connectivity index (χ4n) is 2.74. The Bertz CT molecular complexity index is 1260. The fraction of sp³-hybridized carbons (Fsp3) is 0.0476. The van der Waals surface area contributed by atoms with Crippen molar-refractivity contribution in [3.8, 4) is 16.1 Å². The van der Waals surface area contributed by atoms with Gasteiger partial charge in [-0.15, -0.1) is 0 Å². The Morgan fingerprint density at radius 3 is 2.43 bits per heavy atom. The van der Waals surface area contributed by atoms with Crippen molar-refractivity contribution < 1.29 is 22.0 Å². The molecule has 0 saturated carbocycles. The van der Waals surface area contributed by atoms with Gasteiger partial charge in [-0.3, -0.25) is 4.57 Å². The van der Waals surface area contributed by atoms with Crippen LogP contribution in [0.2, 0.25) is 0 Å². The highest BCUT2D eigenvalue weighted by molar-refractivity contribution is 7.12. The van der Waals surface area contributed by atoms with Gasteiger partial charge in [-0.2, -0.15) is 13.2 Å². The second kappa shape index (κ2) is 7.83. The van der Waals surface area contributed by atoms with Crippen molar-refractivity contribution in [1.29, 1.82) is 0 Å². The number of rotatable bonds is 3. The molecule has 0 fully saturated rings. The van der Waals surface area contributed by atoms with Crippen molar-refractivity contribution in [2.24, 2.45) is 4.99 Å².